The molecule has 2 saturated heterocycles. The van der Waals surface area contributed by atoms with Gasteiger partial charge < -0.3 is 14.4 Å². The van der Waals surface area contributed by atoms with Crippen molar-refractivity contribution in [3.8, 4) is 0 Å². The van der Waals surface area contributed by atoms with E-state index in [4.69, 9.17) is 9.47 Å². The minimum absolute atomic E-state index is 0.0100. The number of aromatic nitrogens is 2. The van der Waals surface area contributed by atoms with Crippen LogP contribution >= 0.6 is 0 Å². The van der Waals surface area contributed by atoms with E-state index in [1.807, 2.05) is 23.1 Å². The molecule has 2 fully saturated rings. The molecule has 7 nitrogen and oxygen atoms in total. The van der Waals surface area contributed by atoms with Gasteiger partial charge in [-0.05, 0) is 12.1 Å². The number of likely N-dealkylation sites (tertiary alicyclic amines) is 1. The fourth-order valence-electron chi connectivity index (χ4n) is 3.40. The first-order valence-electron chi connectivity index (χ1n) is 8.17. The minimum atomic E-state index is -0.487. The van der Waals surface area contributed by atoms with E-state index >= 15 is 0 Å². The first-order chi connectivity index (χ1) is 11.7. The number of hydrogen-bond donors (Lipinski definition) is 0. The van der Waals surface area contributed by atoms with E-state index in [1.54, 1.807) is 10.7 Å². The highest BCUT2D eigenvalue weighted by Crippen LogP contribution is 2.31. The van der Waals surface area contributed by atoms with Crippen molar-refractivity contribution >= 4 is 16.8 Å². The Morgan fingerprint density at radius 2 is 1.88 bits per heavy atom. The van der Waals surface area contributed by atoms with Crippen LogP contribution in [0.1, 0.15) is 12.8 Å². The lowest BCUT2D eigenvalue weighted by Gasteiger charge is -2.37. The molecule has 0 unspecified atom stereocenters. The molecule has 7 heteroatoms. The molecule has 4 rings (SSSR count). The topological polar surface area (TPSA) is 73.7 Å². The second-order valence-corrected chi connectivity index (χ2v) is 6.17. The Kier molecular flexibility index (Phi) is 3.82. The van der Waals surface area contributed by atoms with E-state index in [-0.39, 0.29) is 17.9 Å². The highest BCUT2D eigenvalue weighted by molar-refractivity contribution is 5.81. The van der Waals surface area contributed by atoms with Gasteiger partial charge in [0.25, 0.3) is 0 Å². The van der Waals surface area contributed by atoms with Crippen LogP contribution in [-0.4, -0.2) is 52.7 Å². The predicted octanol–water partition coefficient (Wildman–Crippen LogP) is 0.762. The van der Waals surface area contributed by atoms with Gasteiger partial charge in [-0.25, -0.2) is 0 Å². The Morgan fingerprint density at radius 1 is 1.17 bits per heavy atom. The zero-order valence-electron chi connectivity index (χ0n) is 13.3. The minimum Gasteiger partial charge on any atom is -0.347 e. The number of fused-ring (bicyclic) bond motifs is 1. The van der Waals surface area contributed by atoms with Crippen molar-refractivity contribution in [2.24, 2.45) is 0 Å². The molecule has 0 aliphatic carbocycles. The molecule has 3 heterocycles. The highest BCUT2D eigenvalue weighted by atomic mass is 16.7. The number of carbonyl (C=O) groups is 1. The molecule has 2 aromatic rings. The molecule has 2 aliphatic heterocycles. The second kappa shape index (κ2) is 5.99. The molecule has 24 heavy (non-hydrogen) atoms. The van der Waals surface area contributed by atoms with Gasteiger partial charge in [-0.2, -0.15) is 5.10 Å². The van der Waals surface area contributed by atoms with E-state index in [9.17, 15) is 9.59 Å². The van der Waals surface area contributed by atoms with Gasteiger partial charge in [-0.3, -0.25) is 14.3 Å². The van der Waals surface area contributed by atoms with Crippen molar-refractivity contribution in [3.63, 3.8) is 0 Å². The van der Waals surface area contributed by atoms with Crippen LogP contribution in [-0.2, 0) is 20.8 Å². The van der Waals surface area contributed by atoms with Gasteiger partial charge in [-0.15, -0.1) is 0 Å². The van der Waals surface area contributed by atoms with Gasteiger partial charge in [0.15, 0.2) is 5.79 Å². The number of benzene rings is 1. The van der Waals surface area contributed by atoms with Crippen molar-refractivity contribution in [2.75, 3.05) is 26.3 Å². The van der Waals surface area contributed by atoms with Crippen molar-refractivity contribution in [1.82, 2.24) is 14.7 Å². The first-order valence-corrected chi connectivity index (χ1v) is 8.17. The van der Waals surface area contributed by atoms with Gasteiger partial charge in [0.05, 0.1) is 24.9 Å². The molecule has 1 aromatic heterocycles. The molecule has 0 atom stereocenters. The van der Waals surface area contributed by atoms with Crippen molar-refractivity contribution in [3.05, 3.63) is 40.7 Å². The fourth-order valence-corrected chi connectivity index (χ4v) is 3.40. The maximum Gasteiger partial charge on any atom is 0.244 e. The number of nitrogens with zero attached hydrogens (tertiary/aromatic N) is 3. The molecule has 0 radical (unpaired) electrons. The first kappa shape index (κ1) is 15.3. The van der Waals surface area contributed by atoms with Crippen LogP contribution in [0.25, 0.3) is 10.9 Å². The van der Waals surface area contributed by atoms with Crippen LogP contribution in [0.5, 0.6) is 0 Å². The van der Waals surface area contributed by atoms with Crippen molar-refractivity contribution < 1.29 is 14.3 Å². The van der Waals surface area contributed by atoms with Crippen LogP contribution in [0.3, 0.4) is 0 Å². The van der Waals surface area contributed by atoms with Gasteiger partial charge in [-0.1, -0.05) is 12.1 Å². The zero-order valence-corrected chi connectivity index (χ0v) is 13.3. The van der Waals surface area contributed by atoms with Crippen LogP contribution in [0.4, 0.5) is 0 Å². The number of amides is 1. The monoisotopic (exact) mass is 329 g/mol. The third kappa shape index (κ3) is 2.70. The van der Waals surface area contributed by atoms with E-state index in [1.165, 1.54) is 6.20 Å². The molecule has 126 valence electrons. The Bertz CT molecular complexity index is 816. The highest BCUT2D eigenvalue weighted by Gasteiger charge is 2.40. The van der Waals surface area contributed by atoms with E-state index < -0.39 is 5.79 Å². The maximum absolute atomic E-state index is 12.6. The van der Waals surface area contributed by atoms with E-state index in [0.717, 1.165) is 0 Å². The number of hydrogen-bond acceptors (Lipinski definition) is 5. The summed E-state index contributed by atoms with van der Waals surface area (Å²) in [6.07, 6.45) is 2.65. The third-order valence-corrected chi connectivity index (χ3v) is 4.74. The molecule has 1 amide bonds. The Labute approximate surface area is 138 Å². The summed E-state index contributed by atoms with van der Waals surface area (Å²) in [6.45, 7) is 2.59. The standard InChI is InChI=1S/C17H19N3O4/c21-15-11-18-20(14-4-2-1-3-13(14)15)12-16(22)19-7-5-17(6-8-19)23-9-10-24-17/h1-4,11H,5-10,12H2. The molecule has 2 aliphatic rings. The van der Waals surface area contributed by atoms with E-state index in [2.05, 4.69) is 5.10 Å². The van der Waals surface area contributed by atoms with Crippen molar-refractivity contribution in [1.29, 1.82) is 0 Å². The molecule has 0 saturated carbocycles. The number of para-hydroxylation sites is 1. The molecule has 1 aromatic carbocycles. The van der Waals surface area contributed by atoms with Crippen LogP contribution in [0.15, 0.2) is 35.3 Å². The van der Waals surface area contributed by atoms with Crippen LogP contribution in [0, 0.1) is 0 Å². The molecular formula is C17H19N3O4. The lowest BCUT2D eigenvalue weighted by Crippen LogP contribution is -2.48. The normalized spacial score (nSPS) is 19.9. The number of ether oxygens (including phenoxy) is 2. The molecule has 1 spiro atoms. The summed E-state index contributed by atoms with van der Waals surface area (Å²) in [4.78, 5) is 26.3. The summed E-state index contributed by atoms with van der Waals surface area (Å²) in [5.41, 5.74) is 0.541. The number of rotatable bonds is 2. The zero-order chi connectivity index (χ0) is 16.6. The van der Waals surface area contributed by atoms with Gasteiger partial charge >= 0.3 is 0 Å². The summed E-state index contributed by atoms with van der Waals surface area (Å²) < 4.78 is 13.0. The Hall–Kier alpha value is -2.25. The summed E-state index contributed by atoms with van der Waals surface area (Å²) in [6, 6.07) is 7.20. The summed E-state index contributed by atoms with van der Waals surface area (Å²) in [7, 11) is 0. The summed E-state index contributed by atoms with van der Waals surface area (Å²) in [5, 5.41) is 4.69. The van der Waals surface area contributed by atoms with Crippen LogP contribution in [0.2, 0.25) is 0 Å². The van der Waals surface area contributed by atoms with Gasteiger partial charge in [0, 0.05) is 31.3 Å². The molecule has 0 N–H and O–H groups in total. The number of piperidine rings is 1. The van der Waals surface area contributed by atoms with E-state index in [0.29, 0.717) is 50.0 Å². The molecule has 0 bridgehead atoms. The quantitative estimate of drug-likeness (QED) is 0.813. The lowest BCUT2D eigenvalue weighted by molar-refractivity contribution is -0.187. The Balaban J connectivity index is 1.49. The molecular weight excluding hydrogens is 310 g/mol. The average Bonchev–Trinajstić information content (AvgIpc) is 3.06. The SMILES string of the molecule is O=C(Cn1ncc(=O)c2ccccc21)N1CCC2(CC1)OCCO2. The van der Waals surface area contributed by atoms with Crippen molar-refractivity contribution in [2.45, 2.75) is 25.2 Å². The fraction of sp³-hybridized carbons (Fsp3) is 0.471. The summed E-state index contributed by atoms with van der Waals surface area (Å²) >= 11 is 0. The lowest BCUT2D eigenvalue weighted by atomic mass is 10.0. The van der Waals surface area contributed by atoms with Gasteiger partial charge in [0.2, 0.25) is 11.3 Å². The third-order valence-electron chi connectivity index (χ3n) is 4.74. The average molecular weight is 329 g/mol. The van der Waals surface area contributed by atoms with Gasteiger partial charge in [0.1, 0.15) is 6.54 Å². The van der Waals surface area contributed by atoms with Crippen LogP contribution < -0.4 is 5.43 Å². The smallest absolute Gasteiger partial charge is 0.244 e. The Morgan fingerprint density at radius 3 is 2.62 bits per heavy atom. The largest absolute Gasteiger partial charge is 0.347 e. The maximum atomic E-state index is 12.6. The predicted molar refractivity (Wildman–Crippen MR) is 86.5 cm³/mol. The second-order valence-electron chi connectivity index (χ2n) is 6.17. The summed E-state index contributed by atoms with van der Waals surface area (Å²) in [5.74, 6) is -0.497. The number of carbonyl (C=O) groups excluding carboxylic acids is 1.